The van der Waals surface area contributed by atoms with Crippen molar-refractivity contribution in [3.8, 4) is 5.75 Å². The van der Waals surface area contributed by atoms with Crippen molar-refractivity contribution in [3.63, 3.8) is 0 Å². The van der Waals surface area contributed by atoms with Gasteiger partial charge in [-0.2, -0.15) is 0 Å². The van der Waals surface area contributed by atoms with Gasteiger partial charge < -0.3 is 15.4 Å². The summed E-state index contributed by atoms with van der Waals surface area (Å²) in [7, 11) is 1.77. The molecule has 0 saturated carbocycles. The third kappa shape index (κ3) is 7.36. The van der Waals surface area contributed by atoms with Gasteiger partial charge in [-0.3, -0.25) is 4.99 Å². The monoisotopic (exact) mass is 425 g/mol. The third-order valence-corrected chi connectivity index (χ3v) is 3.21. The lowest BCUT2D eigenvalue weighted by molar-refractivity contribution is 0.322. The van der Waals surface area contributed by atoms with E-state index in [-0.39, 0.29) is 24.0 Å². The summed E-state index contributed by atoms with van der Waals surface area (Å²) in [5, 5.41) is 6.52. The number of hydrogen-bond donors (Lipinski definition) is 2. The van der Waals surface area contributed by atoms with Crippen LogP contribution in [0.2, 0.25) is 0 Å². The first-order valence-electron chi connectivity index (χ1n) is 7.46. The molecule has 0 unspecified atom stereocenters. The average Bonchev–Trinajstić information content (AvgIpc) is 2.57. The zero-order valence-electron chi connectivity index (χ0n) is 13.6. The van der Waals surface area contributed by atoms with Gasteiger partial charge in [-0.1, -0.05) is 48.0 Å². The lowest BCUT2D eigenvalue weighted by atomic mass is 10.1. The molecule has 5 heteroatoms. The van der Waals surface area contributed by atoms with Crippen LogP contribution in [0, 0.1) is 6.92 Å². The second kappa shape index (κ2) is 10.9. The number of nitrogens with zero attached hydrogens (tertiary/aromatic N) is 1. The average molecular weight is 425 g/mol. The Hall–Kier alpha value is -1.76. The van der Waals surface area contributed by atoms with E-state index < -0.39 is 0 Å². The summed E-state index contributed by atoms with van der Waals surface area (Å²) in [4.78, 5) is 4.20. The predicted molar refractivity (Wildman–Crippen MR) is 107 cm³/mol. The minimum Gasteiger partial charge on any atom is -0.492 e. The summed E-state index contributed by atoms with van der Waals surface area (Å²) in [5.41, 5.74) is 2.50. The third-order valence-electron chi connectivity index (χ3n) is 3.21. The van der Waals surface area contributed by atoms with Crippen LogP contribution < -0.4 is 15.4 Å². The number of aryl methyl sites for hydroxylation is 1. The van der Waals surface area contributed by atoms with Crippen molar-refractivity contribution >= 4 is 29.9 Å². The second-order valence-electron chi connectivity index (χ2n) is 5.00. The molecule has 0 fully saturated rings. The highest BCUT2D eigenvalue weighted by atomic mass is 127. The number of guanidine groups is 1. The molecular weight excluding hydrogens is 401 g/mol. The maximum atomic E-state index is 5.63. The molecule has 0 heterocycles. The minimum absolute atomic E-state index is 0. The molecule has 2 aromatic rings. The van der Waals surface area contributed by atoms with Crippen LogP contribution in [0.15, 0.2) is 59.6 Å². The van der Waals surface area contributed by atoms with Crippen molar-refractivity contribution in [1.29, 1.82) is 0 Å². The fourth-order valence-electron chi connectivity index (χ4n) is 1.97. The molecule has 0 radical (unpaired) electrons. The quantitative estimate of drug-likeness (QED) is 0.323. The van der Waals surface area contributed by atoms with Crippen molar-refractivity contribution in [1.82, 2.24) is 10.6 Å². The Balaban J connectivity index is 0.00000264. The predicted octanol–water partition coefficient (Wildman–Crippen LogP) is 3.36. The molecular formula is C18H24IN3O. The second-order valence-corrected chi connectivity index (χ2v) is 5.00. The Morgan fingerprint density at radius 2 is 1.70 bits per heavy atom. The van der Waals surface area contributed by atoms with Gasteiger partial charge in [0, 0.05) is 13.6 Å². The first kappa shape index (κ1) is 19.3. The first-order chi connectivity index (χ1) is 10.8. The SMILES string of the molecule is CN=C(NCCOc1ccccc1)NCc1ccc(C)cc1.I. The van der Waals surface area contributed by atoms with E-state index in [4.69, 9.17) is 4.74 Å². The number of rotatable bonds is 6. The van der Waals surface area contributed by atoms with Crippen LogP contribution in [0.4, 0.5) is 0 Å². The number of para-hydroxylation sites is 1. The largest absolute Gasteiger partial charge is 0.492 e. The van der Waals surface area contributed by atoms with Crippen LogP contribution in [0.1, 0.15) is 11.1 Å². The molecule has 0 atom stereocenters. The van der Waals surface area contributed by atoms with E-state index in [1.165, 1.54) is 11.1 Å². The van der Waals surface area contributed by atoms with Crippen molar-refractivity contribution in [3.05, 3.63) is 65.7 Å². The Labute approximate surface area is 155 Å². The number of nitrogens with one attached hydrogen (secondary N) is 2. The smallest absolute Gasteiger partial charge is 0.191 e. The van der Waals surface area contributed by atoms with Gasteiger partial charge in [-0.05, 0) is 24.6 Å². The van der Waals surface area contributed by atoms with Crippen LogP contribution in [0.25, 0.3) is 0 Å². The van der Waals surface area contributed by atoms with E-state index in [0.717, 1.165) is 18.3 Å². The standard InChI is InChI=1S/C18H23N3O.HI/c1-15-8-10-16(11-9-15)14-21-18(19-2)20-12-13-22-17-6-4-3-5-7-17;/h3-11H,12-14H2,1-2H3,(H2,19,20,21);1H. The molecule has 0 spiro atoms. The summed E-state index contributed by atoms with van der Waals surface area (Å²) >= 11 is 0. The number of halogens is 1. The Morgan fingerprint density at radius 3 is 2.35 bits per heavy atom. The molecule has 0 aliphatic rings. The Morgan fingerprint density at radius 1 is 1.00 bits per heavy atom. The first-order valence-corrected chi connectivity index (χ1v) is 7.46. The maximum absolute atomic E-state index is 5.63. The molecule has 2 N–H and O–H groups in total. The zero-order valence-corrected chi connectivity index (χ0v) is 15.9. The number of ether oxygens (including phenoxy) is 1. The summed E-state index contributed by atoms with van der Waals surface area (Å²) < 4.78 is 5.63. The van der Waals surface area contributed by atoms with E-state index in [2.05, 4.69) is 46.8 Å². The zero-order chi connectivity index (χ0) is 15.6. The van der Waals surface area contributed by atoms with E-state index in [1.54, 1.807) is 7.05 Å². The Bertz CT molecular complexity index is 585. The van der Waals surface area contributed by atoms with Crippen LogP contribution in [-0.4, -0.2) is 26.2 Å². The highest BCUT2D eigenvalue weighted by molar-refractivity contribution is 14.0. The van der Waals surface area contributed by atoms with Crippen LogP contribution in [-0.2, 0) is 6.54 Å². The Kier molecular flexibility index (Phi) is 9.12. The normalized spacial score (nSPS) is 10.6. The van der Waals surface area contributed by atoms with Crippen LogP contribution in [0.5, 0.6) is 5.75 Å². The molecule has 0 amide bonds. The van der Waals surface area contributed by atoms with Gasteiger partial charge in [0.25, 0.3) is 0 Å². The van der Waals surface area contributed by atoms with E-state index in [0.29, 0.717) is 13.2 Å². The molecule has 0 bridgehead atoms. The summed E-state index contributed by atoms with van der Waals surface area (Å²) in [5.74, 6) is 1.66. The molecule has 124 valence electrons. The lowest BCUT2D eigenvalue weighted by Crippen LogP contribution is -2.38. The molecule has 0 aliphatic carbocycles. The number of benzene rings is 2. The number of aliphatic imine (C=N–C) groups is 1. The molecule has 23 heavy (non-hydrogen) atoms. The van der Waals surface area contributed by atoms with Gasteiger partial charge in [-0.15, -0.1) is 24.0 Å². The van der Waals surface area contributed by atoms with Gasteiger partial charge in [0.2, 0.25) is 0 Å². The van der Waals surface area contributed by atoms with Crippen molar-refractivity contribution < 1.29 is 4.74 Å². The molecule has 0 saturated heterocycles. The molecule has 0 aromatic heterocycles. The van der Waals surface area contributed by atoms with Gasteiger partial charge in [0.15, 0.2) is 5.96 Å². The van der Waals surface area contributed by atoms with Crippen LogP contribution >= 0.6 is 24.0 Å². The van der Waals surface area contributed by atoms with E-state index in [9.17, 15) is 0 Å². The van der Waals surface area contributed by atoms with Crippen molar-refractivity contribution in [2.45, 2.75) is 13.5 Å². The molecule has 4 nitrogen and oxygen atoms in total. The fraction of sp³-hybridized carbons (Fsp3) is 0.278. The van der Waals surface area contributed by atoms with Gasteiger partial charge in [0.05, 0.1) is 6.54 Å². The van der Waals surface area contributed by atoms with Crippen molar-refractivity contribution in [2.24, 2.45) is 4.99 Å². The molecule has 2 aromatic carbocycles. The van der Waals surface area contributed by atoms with Crippen LogP contribution in [0.3, 0.4) is 0 Å². The number of hydrogen-bond acceptors (Lipinski definition) is 2. The van der Waals surface area contributed by atoms with Gasteiger partial charge >= 0.3 is 0 Å². The fourth-order valence-corrected chi connectivity index (χ4v) is 1.97. The topological polar surface area (TPSA) is 45.7 Å². The highest BCUT2D eigenvalue weighted by Gasteiger charge is 1.98. The lowest BCUT2D eigenvalue weighted by Gasteiger charge is -2.12. The van der Waals surface area contributed by atoms with E-state index >= 15 is 0 Å². The van der Waals surface area contributed by atoms with E-state index in [1.807, 2.05) is 30.3 Å². The highest BCUT2D eigenvalue weighted by Crippen LogP contribution is 2.07. The maximum Gasteiger partial charge on any atom is 0.191 e. The summed E-state index contributed by atoms with van der Waals surface area (Å²) in [6.07, 6.45) is 0. The van der Waals surface area contributed by atoms with Gasteiger partial charge in [0.1, 0.15) is 12.4 Å². The minimum atomic E-state index is 0. The summed E-state index contributed by atoms with van der Waals surface area (Å²) in [6, 6.07) is 18.3. The van der Waals surface area contributed by atoms with Gasteiger partial charge in [-0.25, -0.2) is 0 Å². The molecule has 0 aliphatic heterocycles. The summed E-state index contributed by atoms with van der Waals surface area (Å²) in [6.45, 7) is 4.13. The molecule has 2 rings (SSSR count). The van der Waals surface area contributed by atoms with Crippen molar-refractivity contribution in [2.75, 3.05) is 20.2 Å².